The van der Waals surface area contributed by atoms with E-state index >= 15 is 0 Å². The number of rotatable bonds is 6. The number of carbonyl (C=O) groups excluding carboxylic acids is 2. The highest BCUT2D eigenvalue weighted by Gasteiger charge is 2.21. The molecule has 0 unspecified atom stereocenters. The van der Waals surface area contributed by atoms with Crippen molar-refractivity contribution in [3.63, 3.8) is 0 Å². The maximum atomic E-state index is 12.4. The number of nitrogens with one attached hydrogen (secondary N) is 2. The van der Waals surface area contributed by atoms with E-state index in [-0.39, 0.29) is 24.4 Å². The second-order valence-electron chi connectivity index (χ2n) is 7.34. The van der Waals surface area contributed by atoms with Crippen molar-refractivity contribution in [3.8, 4) is 11.4 Å². The summed E-state index contributed by atoms with van der Waals surface area (Å²) < 4.78 is 5.11. The first-order chi connectivity index (χ1) is 14.6. The topological polar surface area (TPSA) is 97.1 Å². The van der Waals surface area contributed by atoms with Crippen molar-refractivity contribution < 1.29 is 14.1 Å². The number of benzene rings is 2. The molecule has 0 radical (unpaired) electrons. The van der Waals surface area contributed by atoms with E-state index in [2.05, 4.69) is 32.9 Å². The zero-order valence-electron chi connectivity index (χ0n) is 16.9. The van der Waals surface area contributed by atoms with Gasteiger partial charge in [0.15, 0.2) is 0 Å². The summed E-state index contributed by atoms with van der Waals surface area (Å²) in [5, 5.41) is 9.65. The summed E-state index contributed by atoms with van der Waals surface area (Å²) in [7, 11) is 0. The van der Waals surface area contributed by atoms with Gasteiger partial charge in [-0.2, -0.15) is 4.98 Å². The van der Waals surface area contributed by atoms with Gasteiger partial charge in [0.1, 0.15) is 0 Å². The van der Waals surface area contributed by atoms with Crippen molar-refractivity contribution in [2.24, 2.45) is 0 Å². The summed E-state index contributed by atoms with van der Waals surface area (Å²) in [4.78, 5) is 29.0. The van der Waals surface area contributed by atoms with E-state index in [0.29, 0.717) is 23.7 Å². The highest BCUT2D eigenvalue weighted by Crippen LogP contribution is 2.29. The number of hydrogen-bond acceptors (Lipinski definition) is 5. The van der Waals surface area contributed by atoms with E-state index in [1.54, 1.807) is 24.3 Å². The molecule has 3 aromatic rings. The molecule has 0 fully saturated rings. The van der Waals surface area contributed by atoms with Gasteiger partial charge >= 0.3 is 0 Å². The van der Waals surface area contributed by atoms with Crippen molar-refractivity contribution in [2.45, 2.75) is 38.6 Å². The minimum atomic E-state index is -0.303. The van der Waals surface area contributed by atoms with Gasteiger partial charge < -0.3 is 15.2 Å². The SMILES string of the molecule is CCc1nc(-c2ccc(C(=O)NCC(=O)N[C@@H]3CCCc4ccccc43)cc2)no1. The van der Waals surface area contributed by atoms with Crippen molar-refractivity contribution in [3.05, 3.63) is 71.1 Å². The van der Waals surface area contributed by atoms with E-state index in [1.165, 1.54) is 11.1 Å². The zero-order valence-corrected chi connectivity index (χ0v) is 16.9. The molecular weight excluding hydrogens is 380 g/mol. The second-order valence-corrected chi connectivity index (χ2v) is 7.34. The van der Waals surface area contributed by atoms with Crippen molar-refractivity contribution in [2.75, 3.05) is 6.54 Å². The molecule has 0 spiro atoms. The van der Waals surface area contributed by atoms with Crippen LogP contribution in [0.1, 0.15) is 53.2 Å². The summed E-state index contributed by atoms with van der Waals surface area (Å²) in [6.07, 6.45) is 3.66. The Morgan fingerprint density at radius 1 is 1.13 bits per heavy atom. The normalized spacial score (nSPS) is 15.3. The van der Waals surface area contributed by atoms with E-state index in [4.69, 9.17) is 4.52 Å². The fourth-order valence-corrected chi connectivity index (χ4v) is 3.70. The predicted octanol–water partition coefficient (Wildman–Crippen LogP) is 3.22. The monoisotopic (exact) mass is 404 g/mol. The van der Waals surface area contributed by atoms with E-state index < -0.39 is 0 Å². The molecule has 4 rings (SSSR count). The molecule has 1 atom stereocenters. The van der Waals surface area contributed by atoms with Gasteiger partial charge in [-0.05, 0) is 42.5 Å². The van der Waals surface area contributed by atoms with Crippen LogP contribution < -0.4 is 10.6 Å². The molecule has 154 valence electrons. The summed E-state index contributed by atoms with van der Waals surface area (Å²) in [5.41, 5.74) is 3.69. The molecule has 7 heteroatoms. The Bertz CT molecular complexity index is 1040. The van der Waals surface area contributed by atoms with Crippen LogP contribution >= 0.6 is 0 Å². The number of hydrogen-bond donors (Lipinski definition) is 2. The number of carbonyl (C=O) groups is 2. The van der Waals surface area contributed by atoms with E-state index in [1.807, 2.05) is 19.1 Å². The number of aryl methyl sites for hydroxylation is 2. The Morgan fingerprint density at radius 3 is 2.70 bits per heavy atom. The standard InChI is InChI=1S/C23H24N4O3/c1-2-21-26-22(27-30-21)16-10-12-17(13-11-16)23(29)24-14-20(28)25-19-9-5-7-15-6-3-4-8-18(15)19/h3-4,6,8,10-13,19H,2,5,7,9,14H2,1H3,(H,24,29)(H,25,28)/t19-/m1/s1. The molecule has 0 saturated carbocycles. The Morgan fingerprint density at radius 2 is 1.93 bits per heavy atom. The molecule has 30 heavy (non-hydrogen) atoms. The van der Waals surface area contributed by atoms with Crippen LogP contribution in [0.3, 0.4) is 0 Å². The lowest BCUT2D eigenvalue weighted by atomic mass is 9.88. The Labute approximate surface area is 174 Å². The molecule has 2 N–H and O–H groups in total. The fraction of sp³-hybridized carbons (Fsp3) is 0.304. The molecule has 1 aliphatic carbocycles. The summed E-state index contributed by atoms with van der Waals surface area (Å²) in [6, 6.07) is 15.1. The van der Waals surface area contributed by atoms with Crippen molar-refractivity contribution in [1.29, 1.82) is 0 Å². The molecule has 2 aromatic carbocycles. The van der Waals surface area contributed by atoms with E-state index in [0.717, 1.165) is 24.8 Å². The Balaban J connectivity index is 1.32. The van der Waals surface area contributed by atoms with Gasteiger partial charge in [0.2, 0.25) is 17.6 Å². The van der Waals surface area contributed by atoms with Crippen LogP contribution in [0.4, 0.5) is 0 Å². The first-order valence-corrected chi connectivity index (χ1v) is 10.2. The third-order valence-corrected chi connectivity index (χ3v) is 5.29. The fourth-order valence-electron chi connectivity index (χ4n) is 3.70. The first kappa shape index (κ1) is 19.8. The van der Waals surface area contributed by atoms with Gasteiger partial charge in [-0.15, -0.1) is 0 Å². The highest BCUT2D eigenvalue weighted by molar-refractivity contribution is 5.96. The Hall–Kier alpha value is -3.48. The molecule has 0 saturated heterocycles. The van der Waals surface area contributed by atoms with Gasteiger partial charge in [-0.25, -0.2) is 0 Å². The van der Waals surface area contributed by atoms with E-state index in [9.17, 15) is 9.59 Å². The van der Waals surface area contributed by atoms with Gasteiger partial charge in [-0.3, -0.25) is 9.59 Å². The third kappa shape index (κ3) is 4.40. The lowest BCUT2D eigenvalue weighted by molar-refractivity contribution is -0.121. The smallest absolute Gasteiger partial charge is 0.251 e. The Kier molecular flexibility index (Phi) is 5.88. The minimum Gasteiger partial charge on any atom is -0.348 e. The zero-order chi connectivity index (χ0) is 20.9. The molecule has 7 nitrogen and oxygen atoms in total. The van der Waals surface area contributed by atoms with Gasteiger partial charge in [0.05, 0.1) is 12.6 Å². The molecule has 1 aliphatic rings. The summed E-state index contributed by atoms with van der Waals surface area (Å²) in [6.45, 7) is 1.87. The predicted molar refractivity (Wildman–Crippen MR) is 112 cm³/mol. The van der Waals surface area contributed by atoms with Crippen LogP contribution in [0.25, 0.3) is 11.4 Å². The maximum absolute atomic E-state index is 12.4. The quantitative estimate of drug-likeness (QED) is 0.657. The van der Waals surface area contributed by atoms with Crippen molar-refractivity contribution >= 4 is 11.8 Å². The van der Waals surface area contributed by atoms with Crippen LogP contribution in [0, 0.1) is 0 Å². The van der Waals surface area contributed by atoms with Crippen LogP contribution in [0.15, 0.2) is 53.1 Å². The molecule has 0 aliphatic heterocycles. The average molecular weight is 404 g/mol. The third-order valence-electron chi connectivity index (χ3n) is 5.29. The molecule has 1 heterocycles. The molecular formula is C23H24N4O3. The van der Waals surface area contributed by atoms with Gasteiger partial charge in [-0.1, -0.05) is 48.5 Å². The number of amides is 2. The van der Waals surface area contributed by atoms with Crippen molar-refractivity contribution in [1.82, 2.24) is 20.8 Å². The lowest BCUT2D eigenvalue weighted by Gasteiger charge is -2.26. The summed E-state index contributed by atoms with van der Waals surface area (Å²) >= 11 is 0. The summed E-state index contributed by atoms with van der Waals surface area (Å²) in [5.74, 6) is 0.563. The molecule has 2 amide bonds. The van der Waals surface area contributed by atoms with Gasteiger partial charge in [0.25, 0.3) is 5.91 Å². The number of nitrogens with zero attached hydrogens (tertiary/aromatic N) is 2. The lowest BCUT2D eigenvalue weighted by Crippen LogP contribution is -2.39. The number of fused-ring (bicyclic) bond motifs is 1. The minimum absolute atomic E-state index is 0.00149. The second kappa shape index (κ2) is 8.90. The molecule has 0 bridgehead atoms. The van der Waals surface area contributed by atoms with Crippen LogP contribution in [-0.2, 0) is 17.6 Å². The van der Waals surface area contributed by atoms with Crippen LogP contribution in [0.5, 0.6) is 0 Å². The highest BCUT2D eigenvalue weighted by atomic mass is 16.5. The maximum Gasteiger partial charge on any atom is 0.251 e. The van der Waals surface area contributed by atoms with Crippen LogP contribution in [-0.4, -0.2) is 28.5 Å². The largest absolute Gasteiger partial charge is 0.348 e. The number of aromatic nitrogens is 2. The average Bonchev–Trinajstić information content (AvgIpc) is 3.27. The first-order valence-electron chi connectivity index (χ1n) is 10.2. The van der Waals surface area contributed by atoms with Gasteiger partial charge in [0, 0.05) is 17.5 Å². The van der Waals surface area contributed by atoms with Crippen LogP contribution in [0.2, 0.25) is 0 Å². The molecule has 1 aromatic heterocycles.